The summed E-state index contributed by atoms with van der Waals surface area (Å²) in [5.74, 6) is 0.708. The van der Waals surface area contributed by atoms with E-state index in [0.29, 0.717) is 5.92 Å². The third-order valence-electron chi connectivity index (χ3n) is 1.94. The van der Waals surface area contributed by atoms with Crippen molar-refractivity contribution in [2.45, 2.75) is 40.0 Å². The Labute approximate surface area is 83.0 Å². The summed E-state index contributed by atoms with van der Waals surface area (Å²) in [5.41, 5.74) is 1.23. The van der Waals surface area contributed by atoms with Crippen molar-refractivity contribution in [1.29, 1.82) is 0 Å². The SMILES string of the molecule is C=C(C)C/C=C/CCC(C)/C=C/C. The molecular formula is C13H22. The Bertz CT molecular complexity index is 184. The first-order chi connectivity index (χ1) is 6.16. The molecule has 0 aliphatic carbocycles. The zero-order chi connectivity index (χ0) is 10.1. The molecule has 0 saturated carbocycles. The second-order valence-electron chi connectivity index (χ2n) is 3.71. The molecule has 0 spiro atoms. The largest absolute Gasteiger partial charge is 0.0998 e. The van der Waals surface area contributed by atoms with Crippen molar-refractivity contribution in [2.75, 3.05) is 0 Å². The highest BCUT2D eigenvalue weighted by Gasteiger charge is 1.92. The Morgan fingerprint density at radius 1 is 1.38 bits per heavy atom. The Kier molecular flexibility index (Phi) is 7.38. The van der Waals surface area contributed by atoms with Crippen LogP contribution in [0.2, 0.25) is 0 Å². The fourth-order valence-corrected chi connectivity index (χ4v) is 1.19. The summed E-state index contributed by atoms with van der Waals surface area (Å²) in [5, 5.41) is 0. The average molecular weight is 178 g/mol. The van der Waals surface area contributed by atoms with Crippen molar-refractivity contribution in [1.82, 2.24) is 0 Å². The third kappa shape index (κ3) is 9.13. The quantitative estimate of drug-likeness (QED) is 0.525. The van der Waals surface area contributed by atoms with Gasteiger partial charge in [0, 0.05) is 0 Å². The lowest BCUT2D eigenvalue weighted by Gasteiger charge is -2.01. The van der Waals surface area contributed by atoms with E-state index in [1.54, 1.807) is 0 Å². The van der Waals surface area contributed by atoms with Gasteiger partial charge in [0.2, 0.25) is 0 Å². The van der Waals surface area contributed by atoms with Crippen LogP contribution in [0.3, 0.4) is 0 Å². The summed E-state index contributed by atoms with van der Waals surface area (Å²) < 4.78 is 0. The zero-order valence-electron chi connectivity index (χ0n) is 9.22. The van der Waals surface area contributed by atoms with Crippen LogP contribution in [0.1, 0.15) is 40.0 Å². The molecular weight excluding hydrogens is 156 g/mol. The Hall–Kier alpha value is -0.780. The Morgan fingerprint density at radius 3 is 2.62 bits per heavy atom. The van der Waals surface area contributed by atoms with Gasteiger partial charge in [0.1, 0.15) is 0 Å². The van der Waals surface area contributed by atoms with Crippen LogP contribution >= 0.6 is 0 Å². The molecule has 0 aromatic carbocycles. The van der Waals surface area contributed by atoms with E-state index in [2.05, 4.69) is 51.7 Å². The summed E-state index contributed by atoms with van der Waals surface area (Å²) in [6.45, 7) is 10.3. The van der Waals surface area contributed by atoms with Gasteiger partial charge in [-0.25, -0.2) is 0 Å². The predicted molar refractivity (Wildman–Crippen MR) is 61.8 cm³/mol. The number of allylic oxidation sites excluding steroid dienone is 5. The average Bonchev–Trinajstić information content (AvgIpc) is 2.03. The normalized spacial score (nSPS) is 14.1. The van der Waals surface area contributed by atoms with Crippen LogP contribution < -0.4 is 0 Å². The number of rotatable bonds is 6. The maximum Gasteiger partial charge on any atom is -0.0144 e. The predicted octanol–water partition coefficient (Wildman–Crippen LogP) is 4.50. The molecule has 0 aromatic heterocycles. The zero-order valence-corrected chi connectivity index (χ0v) is 9.22. The van der Waals surface area contributed by atoms with E-state index in [4.69, 9.17) is 0 Å². The molecule has 0 amide bonds. The van der Waals surface area contributed by atoms with Crippen molar-refractivity contribution >= 4 is 0 Å². The summed E-state index contributed by atoms with van der Waals surface area (Å²) >= 11 is 0. The molecule has 0 aromatic rings. The van der Waals surface area contributed by atoms with E-state index in [-0.39, 0.29) is 0 Å². The van der Waals surface area contributed by atoms with Gasteiger partial charge in [-0.1, -0.05) is 43.4 Å². The molecule has 1 atom stereocenters. The second-order valence-corrected chi connectivity index (χ2v) is 3.71. The van der Waals surface area contributed by atoms with Crippen LogP contribution in [0.25, 0.3) is 0 Å². The molecule has 74 valence electrons. The van der Waals surface area contributed by atoms with E-state index >= 15 is 0 Å². The van der Waals surface area contributed by atoms with Gasteiger partial charge in [0.25, 0.3) is 0 Å². The summed E-state index contributed by atoms with van der Waals surface area (Å²) in [6, 6.07) is 0. The lowest BCUT2D eigenvalue weighted by Crippen LogP contribution is -1.86. The van der Waals surface area contributed by atoms with Gasteiger partial charge < -0.3 is 0 Å². The summed E-state index contributed by atoms with van der Waals surface area (Å²) in [4.78, 5) is 0. The number of hydrogen-bond acceptors (Lipinski definition) is 0. The molecule has 1 unspecified atom stereocenters. The molecule has 0 aliphatic heterocycles. The topological polar surface area (TPSA) is 0 Å². The van der Waals surface area contributed by atoms with E-state index in [1.165, 1.54) is 18.4 Å². The first kappa shape index (κ1) is 12.2. The molecule has 0 radical (unpaired) electrons. The van der Waals surface area contributed by atoms with Gasteiger partial charge >= 0.3 is 0 Å². The molecule has 0 nitrogen and oxygen atoms in total. The van der Waals surface area contributed by atoms with Gasteiger partial charge in [-0.2, -0.15) is 0 Å². The first-order valence-corrected chi connectivity index (χ1v) is 5.09. The molecule has 0 rings (SSSR count). The maximum absolute atomic E-state index is 3.85. The lowest BCUT2D eigenvalue weighted by atomic mass is 10.0. The molecule has 0 heteroatoms. The van der Waals surface area contributed by atoms with Gasteiger partial charge in [-0.15, -0.1) is 0 Å². The molecule has 0 N–H and O–H groups in total. The van der Waals surface area contributed by atoms with Gasteiger partial charge in [-0.05, 0) is 39.0 Å². The highest BCUT2D eigenvalue weighted by atomic mass is 14.0. The van der Waals surface area contributed by atoms with Gasteiger partial charge in [-0.3, -0.25) is 0 Å². The Morgan fingerprint density at radius 2 is 2.08 bits per heavy atom. The summed E-state index contributed by atoms with van der Waals surface area (Å²) in [7, 11) is 0. The molecule has 0 aliphatic rings. The van der Waals surface area contributed by atoms with Crippen molar-refractivity contribution in [3.05, 3.63) is 36.5 Å². The fourth-order valence-electron chi connectivity index (χ4n) is 1.19. The van der Waals surface area contributed by atoms with E-state index in [0.717, 1.165) is 6.42 Å². The maximum atomic E-state index is 3.85. The first-order valence-electron chi connectivity index (χ1n) is 5.09. The van der Waals surface area contributed by atoms with Crippen molar-refractivity contribution in [3.63, 3.8) is 0 Å². The van der Waals surface area contributed by atoms with E-state index < -0.39 is 0 Å². The van der Waals surface area contributed by atoms with Gasteiger partial charge in [0.15, 0.2) is 0 Å². The third-order valence-corrected chi connectivity index (χ3v) is 1.94. The highest BCUT2D eigenvalue weighted by Crippen LogP contribution is 2.08. The minimum absolute atomic E-state index is 0.708. The highest BCUT2D eigenvalue weighted by molar-refractivity contribution is 4.98. The molecule has 0 saturated heterocycles. The molecule has 0 heterocycles. The van der Waals surface area contributed by atoms with Crippen LogP contribution in [0.15, 0.2) is 36.5 Å². The fraction of sp³-hybridized carbons (Fsp3) is 0.538. The molecule has 13 heavy (non-hydrogen) atoms. The monoisotopic (exact) mass is 178 g/mol. The standard InChI is InChI=1S/C13H22/c1-5-9-13(4)11-8-6-7-10-12(2)3/h5-7,9,13H,2,8,10-11H2,1,3-4H3/b7-6+,9-5+. The van der Waals surface area contributed by atoms with Gasteiger partial charge in [0.05, 0.1) is 0 Å². The van der Waals surface area contributed by atoms with Crippen LogP contribution in [0.5, 0.6) is 0 Å². The smallest absolute Gasteiger partial charge is 0.0144 e. The van der Waals surface area contributed by atoms with E-state index in [9.17, 15) is 0 Å². The van der Waals surface area contributed by atoms with Crippen molar-refractivity contribution in [3.8, 4) is 0 Å². The van der Waals surface area contributed by atoms with Crippen LogP contribution in [-0.4, -0.2) is 0 Å². The van der Waals surface area contributed by atoms with Crippen LogP contribution in [0, 0.1) is 5.92 Å². The van der Waals surface area contributed by atoms with Crippen molar-refractivity contribution < 1.29 is 0 Å². The molecule has 0 bridgehead atoms. The second kappa shape index (κ2) is 7.85. The van der Waals surface area contributed by atoms with Crippen LogP contribution in [-0.2, 0) is 0 Å². The van der Waals surface area contributed by atoms with E-state index in [1.807, 2.05) is 0 Å². The molecule has 0 fully saturated rings. The Balaban J connectivity index is 3.44. The summed E-state index contributed by atoms with van der Waals surface area (Å²) in [6.07, 6.45) is 12.3. The van der Waals surface area contributed by atoms with Crippen molar-refractivity contribution in [2.24, 2.45) is 5.92 Å². The number of hydrogen-bond donors (Lipinski definition) is 0. The van der Waals surface area contributed by atoms with Crippen LogP contribution in [0.4, 0.5) is 0 Å². The minimum Gasteiger partial charge on any atom is -0.0998 e. The lowest BCUT2D eigenvalue weighted by molar-refractivity contribution is 0.656. The minimum atomic E-state index is 0.708.